The van der Waals surface area contributed by atoms with Gasteiger partial charge < -0.3 is 4.74 Å². The molecule has 20 heavy (non-hydrogen) atoms. The third-order valence-electron chi connectivity index (χ3n) is 4.27. The molecule has 108 valence electrons. The van der Waals surface area contributed by atoms with Crippen molar-refractivity contribution in [3.05, 3.63) is 23.3 Å². The van der Waals surface area contributed by atoms with Gasteiger partial charge in [-0.25, -0.2) is 14.8 Å². The van der Waals surface area contributed by atoms with Gasteiger partial charge in [0, 0.05) is 18.0 Å². The molecule has 3 rings (SSSR count). The van der Waals surface area contributed by atoms with Crippen molar-refractivity contribution < 1.29 is 9.53 Å². The molecule has 2 aliphatic rings. The third-order valence-corrected chi connectivity index (χ3v) is 4.27. The highest BCUT2D eigenvalue weighted by Gasteiger charge is 2.32. The Kier molecular flexibility index (Phi) is 3.99. The second kappa shape index (κ2) is 5.90. The number of ether oxygens (including phenoxy) is 1. The maximum atomic E-state index is 12.0. The minimum atomic E-state index is -0.274. The average molecular weight is 274 g/mol. The average Bonchev–Trinajstić information content (AvgIpc) is 3.32. The monoisotopic (exact) mass is 274 g/mol. The fourth-order valence-electron chi connectivity index (χ4n) is 3.00. The zero-order valence-electron chi connectivity index (χ0n) is 12.1. The quantitative estimate of drug-likeness (QED) is 0.787. The molecular formula is C16H22N2O2. The second-order valence-corrected chi connectivity index (χ2v) is 5.86. The first-order valence-electron chi connectivity index (χ1n) is 7.83. The Morgan fingerprint density at radius 2 is 1.95 bits per heavy atom. The first kappa shape index (κ1) is 13.5. The smallest absolute Gasteiger partial charge is 0.341 e. The number of rotatable bonds is 4. The van der Waals surface area contributed by atoms with E-state index in [1.165, 1.54) is 32.1 Å². The molecule has 2 saturated carbocycles. The summed E-state index contributed by atoms with van der Waals surface area (Å²) in [6.07, 6.45) is 10.2. The van der Waals surface area contributed by atoms with Gasteiger partial charge in [-0.15, -0.1) is 0 Å². The summed E-state index contributed by atoms with van der Waals surface area (Å²) in [4.78, 5) is 21.2. The van der Waals surface area contributed by atoms with E-state index in [2.05, 4.69) is 4.98 Å². The Labute approximate surface area is 120 Å². The topological polar surface area (TPSA) is 52.1 Å². The normalized spacial score (nSPS) is 19.9. The van der Waals surface area contributed by atoms with Crippen molar-refractivity contribution in [3.8, 4) is 0 Å². The van der Waals surface area contributed by atoms with Crippen LogP contribution >= 0.6 is 0 Å². The molecule has 1 aromatic rings. The van der Waals surface area contributed by atoms with E-state index >= 15 is 0 Å². The molecule has 2 aliphatic carbocycles. The number of hydrogen-bond donors (Lipinski definition) is 0. The van der Waals surface area contributed by atoms with Gasteiger partial charge in [-0.3, -0.25) is 0 Å². The fourth-order valence-corrected chi connectivity index (χ4v) is 3.00. The van der Waals surface area contributed by atoms with E-state index in [0.717, 1.165) is 24.4 Å². The standard InChI is InChI=1S/C16H22N2O2/c1-2-20-16(19)13-10-17-15(12-6-4-3-5-7-12)18-14(13)11-8-9-11/h10-12H,2-9H2,1H3. The van der Waals surface area contributed by atoms with E-state index in [1.807, 2.05) is 6.92 Å². The molecule has 0 spiro atoms. The van der Waals surface area contributed by atoms with Gasteiger partial charge in [0.1, 0.15) is 5.82 Å². The minimum Gasteiger partial charge on any atom is -0.462 e. The Balaban J connectivity index is 1.87. The molecule has 0 N–H and O–H groups in total. The minimum absolute atomic E-state index is 0.274. The molecule has 1 heterocycles. The van der Waals surface area contributed by atoms with E-state index in [1.54, 1.807) is 6.20 Å². The molecule has 0 aromatic carbocycles. The van der Waals surface area contributed by atoms with Crippen LogP contribution in [0, 0.1) is 0 Å². The molecule has 4 nitrogen and oxygen atoms in total. The van der Waals surface area contributed by atoms with Crippen molar-refractivity contribution in [1.29, 1.82) is 0 Å². The number of carbonyl (C=O) groups excluding carboxylic acids is 1. The summed E-state index contributed by atoms with van der Waals surface area (Å²) in [5.74, 6) is 1.60. The van der Waals surface area contributed by atoms with Gasteiger partial charge in [-0.2, -0.15) is 0 Å². The maximum absolute atomic E-state index is 12.0. The summed E-state index contributed by atoms with van der Waals surface area (Å²) in [5.41, 5.74) is 1.51. The van der Waals surface area contributed by atoms with Gasteiger partial charge in [0.2, 0.25) is 0 Å². The third kappa shape index (κ3) is 2.84. The molecule has 0 atom stereocenters. The van der Waals surface area contributed by atoms with Gasteiger partial charge in [-0.05, 0) is 32.6 Å². The molecule has 0 unspecified atom stereocenters. The molecule has 0 saturated heterocycles. The van der Waals surface area contributed by atoms with Gasteiger partial charge in [-0.1, -0.05) is 19.3 Å². The van der Waals surface area contributed by atoms with Crippen LogP contribution in [-0.2, 0) is 4.74 Å². The number of aromatic nitrogens is 2. The predicted molar refractivity (Wildman–Crippen MR) is 75.8 cm³/mol. The summed E-state index contributed by atoms with van der Waals surface area (Å²) in [6.45, 7) is 2.22. The van der Waals surface area contributed by atoms with Crippen LogP contribution in [0.15, 0.2) is 6.20 Å². The van der Waals surface area contributed by atoms with Crippen molar-refractivity contribution in [2.75, 3.05) is 6.61 Å². The Morgan fingerprint density at radius 1 is 1.20 bits per heavy atom. The summed E-state index contributed by atoms with van der Waals surface area (Å²) in [6, 6.07) is 0. The summed E-state index contributed by atoms with van der Waals surface area (Å²) in [5, 5.41) is 0. The van der Waals surface area contributed by atoms with Crippen LogP contribution in [0.25, 0.3) is 0 Å². The van der Waals surface area contributed by atoms with Crippen LogP contribution < -0.4 is 0 Å². The van der Waals surface area contributed by atoms with E-state index in [-0.39, 0.29) is 5.97 Å². The highest BCUT2D eigenvalue weighted by atomic mass is 16.5. The fraction of sp³-hybridized carbons (Fsp3) is 0.688. The van der Waals surface area contributed by atoms with E-state index in [4.69, 9.17) is 9.72 Å². The highest BCUT2D eigenvalue weighted by molar-refractivity contribution is 5.90. The largest absolute Gasteiger partial charge is 0.462 e. The van der Waals surface area contributed by atoms with Gasteiger partial charge in [0.15, 0.2) is 0 Å². The van der Waals surface area contributed by atoms with Crippen molar-refractivity contribution in [3.63, 3.8) is 0 Å². The Morgan fingerprint density at radius 3 is 2.60 bits per heavy atom. The van der Waals surface area contributed by atoms with Crippen LogP contribution in [0.5, 0.6) is 0 Å². The van der Waals surface area contributed by atoms with Crippen LogP contribution in [0.1, 0.15) is 85.6 Å². The second-order valence-electron chi connectivity index (χ2n) is 5.86. The Hall–Kier alpha value is -1.45. The molecular weight excluding hydrogens is 252 g/mol. The van der Waals surface area contributed by atoms with Gasteiger partial charge in [0.05, 0.1) is 17.9 Å². The first-order chi connectivity index (χ1) is 9.79. The molecule has 0 amide bonds. The predicted octanol–water partition coefficient (Wildman–Crippen LogP) is 3.58. The summed E-state index contributed by atoms with van der Waals surface area (Å²) in [7, 11) is 0. The van der Waals surface area contributed by atoms with Crippen LogP contribution in [0.2, 0.25) is 0 Å². The number of nitrogens with zero attached hydrogens (tertiary/aromatic N) is 2. The lowest BCUT2D eigenvalue weighted by Gasteiger charge is -2.21. The molecule has 0 bridgehead atoms. The molecule has 4 heteroatoms. The van der Waals surface area contributed by atoms with E-state index in [9.17, 15) is 4.79 Å². The van der Waals surface area contributed by atoms with E-state index < -0.39 is 0 Å². The summed E-state index contributed by atoms with van der Waals surface area (Å²) >= 11 is 0. The van der Waals surface area contributed by atoms with Crippen molar-refractivity contribution in [2.45, 2.75) is 63.7 Å². The van der Waals surface area contributed by atoms with Crippen LogP contribution in [0.4, 0.5) is 0 Å². The number of esters is 1. The zero-order valence-corrected chi connectivity index (χ0v) is 12.1. The zero-order chi connectivity index (χ0) is 13.9. The van der Waals surface area contributed by atoms with Crippen LogP contribution in [-0.4, -0.2) is 22.5 Å². The van der Waals surface area contributed by atoms with Crippen LogP contribution in [0.3, 0.4) is 0 Å². The van der Waals surface area contributed by atoms with Crippen molar-refractivity contribution >= 4 is 5.97 Å². The van der Waals surface area contributed by atoms with Crippen molar-refractivity contribution in [2.24, 2.45) is 0 Å². The van der Waals surface area contributed by atoms with Crippen molar-refractivity contribution in [1.82, 2.24) is 9.97 Å². The van der Waals surface area contributed by atoms with E-state index in [0.29, 0.717) is 24.0 Å². The maximum Gasteiger partial charge on any atom is 0.341 e. The van der Waals surface area contributed by atoms with Gasteiger partial charge in [0.25, 0.3) is 0 Å². The molecule has 0 radical (unpaired) electrons. The van der Waals surface area contributed by atoms with Gasteiger partial charge >= 0.3 is 5.97 Å². The Bertz CT molecular complexity index is 491. The SMILES string of the molecule is CCOC(=O)c1cnc(C2CCCCC2)nc1C1CC1. The number of carbonyl (C=O) groups is 1. The lowest BCUT2D eigenvalue weighted by atomic mass is 9.88. The lowest BCUT2D eigenvalue weighted by molar-refractivity contribution is 0.0523. The lowest BCUT2D eigenvalue weighted by Crippen LogP contribution is -2.15. The summed E-state index contributed by atoms with van der Waals surface area (Å²) < 4.78 is 5.11. The molecule has 1 aromatic heterocycles. The number of hydrogen-bond acceptors (Lipinski definition) is 4. The highest BCUT2D eigenvalue weighted by Crippen LogP contribution is 2.41. The first-order valence-corrected chi connectivity index (χ1v) is 7.83. The molecule has 2 fully saturated rings. The molecule has 0 aliphatic heterocycles.